The molecule has 0 saturated carbocycles. The zero-order valence-corrected chi connectivity index (χ0v) is 9.97. The van der Waals surface area contributed by atoms with E-state index in [0.717, 1.165) is 5.56 Å². The van der Waals surface area contributed by atoms with Crippen molar-refractivity contribution in [1.82, 2.24) is 4.57 Å². The van der Waals surface area contributed by atoms with Gasteiger partial charge in [0, 0.05) is 24.5 Å². The Kier molecular flexibility index (Phi) is 3.45. The Morgan fingerprint density at radius 1 is 1.44 bits per heavy atom. The van der Waals surface area contributed by atoms with Crippen LogP contribution in [0.4, 0.5) is 4.39 Å². The molecule has 0 saturated heterocycles. The van der Waals surface area contributed by atoms with Crippen molar-refractivity contribution in [3.63, 3.8) is 0 Å². The molecule has 0 fully saturated rings. The Labute approximate surface area is 105 Å². The van der Waals surface area contributed by atoms with E-state index in [9.17, 15) is 9.50 Å². The summed E-state index contributed by atoms with van der Waals surface area (Å²) in [4.78, 5) is 0. The topological polar surface area (TPSA) is 49.0 Å². The molecule has 2 aromatic rings. The number of nitrogens with zero attached hydrogens (tertiary/aromatic N) is 2. The number of aliphatic hydroxyl groups is 1. The van der Waals surface area contributed by atoms with Crippen LogP contribution in [-0.2, 0) is 6.54 Å². The van der Waals surface area contributed by atoms with Gasteiger partial charge in [-0.2, -0.15) is 5.26 Å². The summed E-state index contributed by atoms with van der Waals surface area (Å²) in [7, 11) is 0. The Bertz CT molecular complexity index is 596. The van der Waals surface area contributed by atoms with Crippen LogP contribution in [0.3, 0.4) is 0 Å². The lowest BCUT2D eigenvalue weighted by Crippen LogP contribution is -2.01. The Morgan fingerprint density at radius 3 is 2.83 bits per heavy atom. The molecule has 0 radical (unpaired) electrons. The maximum atomic E-state index is 13.8. The van der Waals surface area contributed by atoms with Gasteiger partial charge in [0.05, 0.1) is 11.7 Å². The number of rotatable bonds is 3. The zero-order chi connectivity index (χ0) is 13.1. The average molecular weight is 244 g/mol. The van der Waals surface area contributed by atoms with Crippen molar-refractivity contribution < 1.29 is 9.50 Å². The van der Waals surface area contributed by atoms with Crippen LogP contribution in [0.25, 0.3) is 0 Å². The molecule has 1 unspecified atom stereocenters. The molecular weight excluding hydrogens is 231 g/mol. The van der Waals surface area contributed by atoms with Crippen LogP contribution in [0.2, 0.25) is 0 Å². The third kappa shape index (κ3) is 2.41. The Hall–Kier alpha value is -2.12. The fraction of sp³-hybridized carbons (Fsp3) is 0.214. The molecule has 4 heteroatoms. The number of aromatic nitrogens is 1. The van der Waals surface area contributed by atoms with Crippen LogP contribution in [-0.4, -0.2) is 9.67 Å². The van der Waals surface area contributed by atoms with Crippen LogP contribution in [0, 0.1) is 17.1 Å². The molecule has 0 bridgehead atoms. The first kappa shape index (κ1) is 12.3. The first-order chi connectivity index (χ1) is 8.61. The number of nitriles is 1. The minimum absolute atomic E-state index is 0.0513. The van der Waals surface area contributed by atoms with Crippen LogP contribution < -0.4 is 0 Å². The molecule has 0 amide bonds. The van der Waals surface area contributed by atoms with Gasteiger partial charge in [-0.3, -0.25) is 0 Å². The minimum Gasteiger partial charge on any atom is -0.389 e. The number of hydrogen-bond acceptors (Lipinski definition) is 2. The summed E-state index contributed by atoms with van der Waals surface area (Å²) in [5.74, 6) is -0.479. The van der Waals surface area contributed by atoms with Crippen LogP contribution in [0.5, 0.6) is 0 Å². The van der Waals surface area contributed by atoms with Crippen molar-refractivity contribution >= 4 is 0 Å². The second-order valence-electron chi connectivity index (χ2n) is 4.18. The summed E-state index contributed by atoms with van der Waals surface area (Å²) in [6.45, 7) is 2.02. The van der Waals surface area contributed by atoms with E-state index in [1.165, 1.54) is 6.07 Å². The normalized spacial score (nSPS) is 12.1. The molecular formula is C14H13FN2O. The van der Waals surface area contributed by atoms with Gasteiger partial charge in [-0.25, -0.2) is 4.39 Å². The highest BCUT2D eigenvalue weighted by molar-refractivity contribution is 5.35. The average Bonchev–Trinajstić information content (AvgIpc) is 2.80. The van der Waals surface area contributed by atoms with E-state index in [4.69, 9.17) is 5.26 Å². The summed E-state index contributed by atoms with van der Waals surface area (Å²) in [6.07, 6.45) is 3.01. The third-order valence-electron chi connectivity index (χ3n) is 2.81. The molecule has 92 valence electrons. The van der Waals surface area contributed by atoms with Crippen molar-refractivity contribution in [3.05, 3.63) is 59.2 Å². The summed E-state index contributed by atoms with van der Waals surface area (Å²) in [5, 5.41) is 18.2. The van der Waals surface area contributed by atoms with Gasteiger partial charge in [0.1, 0.15) is 11.9 Å². The van der Waals surface area contributed by atoms with Gasteiger partial charge < -0.3 is 9.67 Å². The molecule has 1 aromatic heterocycles. The van der Waals surface area contributed by atoms with Gasteiger partial charge in [0.15, 0.2) is 0 Å². The maximum Gasteiger partial charge on any atom is 0.145 e. The monoisotopic (exact) mass is 244 g/mol. The summed E-state index contributed by atoms with van der Waals surface area (Å²) in [5.41, 5.74) is 1.30. The van der Waals surface area contributed by atoms with Crippen molar-refractivity contribution in [1.29, 1.82) is 5.26 Å². The third-order valence-corrected chi connectivity index (χ3v) is 2.81. The SMILES string of the molecule is CC(O)c1ccn(Cc2cccc(C#N)c2F)c1. The summed E-state index contributed by atoms with van der Waals surface area (Å²) in [6, 6.07) is 8.38. The van der Waals surface area contributed by atoms with E-state index in [2.05, 4.69) is 0 Å². The Morgan fingerprint density at radius 2 is 2.22 bits per heavy atom. The van der Waals surface area contributed by atoms with Gasteiger partial charge in [0.25, 0.3) is 0 Å². The first-order valence-corrected chi connectivity index (χ1v) is 5.63. The molecule has 1 heterocycles. The molecule has 1 aromatic carbocycles. The van der Waals surface area contributed by atoms with Crippen molar-refractivity contribution in [3.8, 4) is 6.07 Å². The van der Waals surface area contributed by atoms with Crippen molar-refractivity contribution in [2.45, 2.75) is 19.6 Å². The second-order valence-corrected chi connectivity index (χ2v) is 4.18. The molecule has 0 aliphatic carbocycles. The number of hydrogen-bond donors (Lipinski definition) is 1. The molecule has 3 nitrogen and oxygen atoms in total. The molecule has 0 aliphatic rings. The van der Waals surface area contributed by atoms with Gasteiger partial charge in [-0.15, -0.1) is 0 Å². The molecule has 18 heavy (non-hydrogen) atoms. The van der Waals surface area contributed by atoms with Gasteiger partial charge in [-0.1, -0.05) is 12.1 Å². The summed E-state index contributed by atoms with van der Waals surface area (Å²) < 4.78 is 15.6. The minimum atomic E-state index is -0.540. The van der Waals surface area contributed by atoms with E-state index in [1.807, 2.05) is 6.07 Å². The van der Waals surface area contributed by atoms with Crippen LogP contribution in [0.1, 0.15) is 29.7 Å². The van der Waals surface area contributed by atoms with Gasteiger partial charge in [-0.05, 0) is 24.6 Å². The van der Waals surface area contributed by atoms with Crippen molar-refractivity contribution in [2.75, 3.05) is 0 Å². The quantitative estimate of drug-likeness (QED) is 0.902. The second kappa shape index (κ2) is 5.03. The van der Waals surface area contributed by atoms with Crippen LogP contribution >= 0.6 is 0 Å². The largest absolute Gasteiger partial charge is 0.389 e. The lowest BCUT2D eigenvalue weighted by molar-refractivity contribution is 0.199. The molecule has 0 spiro atoms. The predicted molar refractivity (Wildman–Crippen MR) is 65.3 cm³/mol. The fourth-order valence-corrected chi connectivity index (χ4v) is 1.79. The van der Waals surface area contributed by atoms with E-state index in [-0.39, 0.29) is 5.56 Å². The molecule has 2 rings (SSSR count). The predicted octanol–water partition coefficient (Wildman–Crippen LogP) is 2.60. The Balaban J connectivity index is 2.26. The standard InChI is InChI=1S/C14H13FN2O/c1-10(18)12-5-6-17(8-12)9-13-4-2-3-11(7-16)14(13)15/h2-6,8,10,18H,9H2,1H3. The number of halogens is 1. The van der Waals surface area contributed by atoms with E-state index >= 15 is 0 Å². The van der Waals surface area contributed by atoms with E-state index in [0.29, 0.717) is 12.1 Å². The van der Waals surface area contributed by atoms with Crippen molar-refractivity contribution in [2.24, 2.45) is 0 Å². The smallest absolute Gasteiger partial charge is 0.145 e. The van der Waals surface area contributed by atoms with E-state index in [1.54, 1.807) is 42.1 Å². The fourth-order valence-electron chi connectivity index (χ4n) is 1.79. The summed E-state index contributed by atoms with van der Waals surface area (Å²) >= 11 is 0. The van der Waals surface area contributed by atoms with E-state index < -0.39 is 11.9 Å². The lowest BCUT2D eigenvalue weighted by Gasteiger charge is -2.06. The highest BCUT2D eigenvalue weighted by Gasteiger charge is 2.09. The number of benzene rings is 1. The first-order valence-electron chi connectivity index (χ1n) is 5.63. The number of aliphatic hydroxyl groups excluding tert-OH is 1. The zero-order valence-electron chi connectivity index (χ0n) is 9.97. The lowest BCUT2D eigenvalue weighted by atomic mass is 10.1. The van der Waals surface area contributed by atoms with Gasteiger partial charge >= 0.3 is 0 Å². The highest BCUT2D eigenvalue weighted by Crippen LogP contribution is 2.16. The van der Waals surface area contributed by atoms with Gasteiger partial charge in [0.2, 0.25) is 0 Å². The van der Waals surface area contributed by atoms with Crippen LogP contribution in [0.15, 0.2) is 36.7 Å². The maximum absolute atomic E-state index is 13.8. The highest BCUT2D eigenvalue weighted by atomic mass is 19.1. The molecule has 0 aliphatic heterocycles. The molecule has 1 N–H and O–H groups in total. The molecule has 1 atom stereocenters.